The number of aromatic nitrogens is 2. The number of halogens is 1. The van der Waals surface area contributed by atoms with Crippen LogP contribution in [0.15, 0.2) is 47.0 Å². The van der Waals surface area contributed by atoms with E-state index in [2.05, 4.69) is 16.2 Å². The van der Waals surface area contributed by atoms with Gasteiger partial charge in [-0.2, -0.15) is 4.98 Å². The molecular formula is C21H20ClN3O2. The van der Waals surface area contributed by atoms with Gasteiger partial charge in [-0.15, -0.1) is 0 Å². The fourth-order valence-electron chi connectivity index (χ4n) is 3.46. The van der Waals surface area contributed by atoms with E-state index < -0.39 is 0 Å². The summed E-state index contributed by atoms with van der Waals surface area (Å²) in [7, 11) is 0. The molecule has 1 atom stereocenters. The summed E-state index contributed by atoms with van der Waals surface area (Å²) in [5.74, 6) is 1.11. The molecule has 27 heavy (non-hydrogen) atoms. The second-order valence-electron chi connectivity index (χ2n) is 6.94. The van der Waals surface area contributed by atoms with E-state index in [0.717, 1.165) is 22.3 Å². The van der Waals surface area contributed by atoms with Gasteiger partial charge in [-0.3, -0.25) is 4.79 Å². The Hall–Kier alpha value is -2.66. The largest absolute Gasteiger partial charge is 0.337 e. The average molecular weight is 382 g/mol. The van der Waals surface area contributed by atoms with Crippen LogP contribution in [0.1, 0.15) is 41.5 Å². The number of likely N-dealkylation sites (tertiary alicyclic amines) is 1. The van der Waals surface area contributed by atoms with Crippen LogP contribution >= 0.6 is 11.6 Å². The third kappa shape index (κ3) is 3.47. The molecule has 138 valence electrons. The van der Waals surface area contributed by atoms with Crippen molar-refractivity contribution in [2.45, 2.75) is 39.3 Å². The molecule has 1 unspecified atom stereocenters. The van der Waals surface area contributed by atoms with Crippen molar-refractivity contribution in [2.24, 2.45) is 0 Å². The van der Waals surface area contributed by atoms with Gasteiger partial charge in [0, 0.05) is 23.6 Å². The second kappa shape index (κ2) is 7.16. The molecule has 0 bridgehead atoms. The van der Waals surface area contributed by atoms with E-state index in [9.17, 15) is 4.79 Å². The molecule has 5 nitrogen and oxygen atoms in total. The van der Waals surface area contributed by atoms with Gasteiger partial charge < -0.3 is 9.42 Å². The minimum atomic E-state index is -0.222. The van der Waals surface area contributed by atoms with Gasteiger partial charge in [-0.05, 0) is 43.5 Å². The van der Waals surface area contributed by atoms with Gasteiger partial charge in [-0.25, -0.2) is 0 Å². The van der Waals surface area contributed by atoms with Crippen molar-refractivity contribution < 1.29 is 9.32 Å². The molecule has 1 fully saturated rings. The maximum atomic E-state index is 12.4. The molecule has 3 aromatic rings. The lowest BCUT2D eigenvalue weighted by Gasteiger charge is -2.22. The smallest absolute Gasteiger partial charge is 0.249 e. The zero-order valence-electron chi connectivity index (χ0n) is 15.3. The molecule has 0 N–H and O–H groups in total. The number of nitrogens with zero attached hydrogens (tertiary/aromatic N) is 3. The SMILES string of the molecule is Cc1ccc(C)c(-c2noc(C3CCC(=O)N3Cc3ccccc3Cl)n2)c1. The highest BCUT2D eigenvalue weighted by Gasteiger charge is 2.36. The highest BCUT2D eigenvalue weighted by molar-refractivity contribution is 6.31. The van der Waals surface area contributed by atoms with Gasteiger partial charge >= 0.3 is 0 Å². The van der Waals surface area contributed by atoms with E-state index >= 15 is 0 Å². The molecule has 1 aliphatic rings. The van der Waals surface area contributed by atoms with Crippen LogP contribution in [0.2, 0.25) is 5.02 Å². The lowest BCUT2D eigenvalue weighted by Crippen LogP contribution is -2.27. The van der Waals surface area contributed by atoms with Gasteiger partial charge in [0.15, 0.2) is 0 Å². The summed E-state index contributed by atoms with van der Waals surface area (Å²) < 4.78 is 5.56. The summed E-state index contributed by atoms with van der Waals surface area (Å²) in [4.78, 5) is 18.8. The van der Waals surface area contributed by atoms with Crippen molar-refractivity contribution >= 4 is 17.5 Å². The van der Waals surface area contributed by atoms with Crippen LogP contribution in [-0.2, 0) is 11.3 Å². The lowest BCUT2D eigenvalue weighted by molar-refractivity contribution is -0.129. The number of benzene rings is 2. The molecule has 1 amide bonds. The normalized spacial score (nSPS) is 16.9. The van der Waals surface area contributed by atoms with E-state index in [1.54, 1.807) is 4.90 Å². The molecule has 0 saturated carbocycles. The fraction of sp³-hybridized carbons (Fsp3) is 0.286. The predicted molar refractivity (Wildman–Crippen MR) is 103 cm³/mol. The Bertz CT molecular complexity index is 999. The van der Waals surface area contributed by atoms with Gasteiger partial charge in [0.1, 0.15) is 6.04 Å². The van der Waals surface area contributed by atoms with Gasteiger partial charge in [0.05, 0.1) is 0 Å². The summed E-state index contributed by atoms with van der Waals surface area (Å²) in [6.45, 7) is 4.49. The first-order chi connectivity index (χ1) is 13.0. The molecule has 1 aromatic heterocycles. The molecule has 2 heterocycles. The Morgan fingerprint density at radius 3 is 2.85 bits per heavy atom. The zero-order valence-corrected chi connectivity index (χ0v) is 16.0. The second-order valence-corrected chi connectivity index (χ2v) is 7.35. The number of carbonyl (C=O) groups is 1. The van der Waals surface area contributed by atoms with Gasteiger partial charge in [-0.1, -0.05) is 52.7 Å². The minimum absolute atomic E-state index is 0.0754. The van der Waals surface area contributed by atoms with Crippen molar-refractivity contribution in [3.8, 4) is 11.4 Å². The van der Waals surface area contributed by atoms with E-state index in [1.165, 1.54) is 0 Å². The van der Waals surface area contributed by atoms with Crippen LogP contribution in [0.5, 0.6) is 0 Å². The third-order valence-corrected chi connectivity index (χ3v) is 5.36. The quantitative estimate of drug-likeness (QED) is 0.646. The number of hydrogen-bond donors (Lipinski definition) is 0. The molecule has 1 aliphatic heterocycles. The summed E-state index contributed by atoms with van der Waals surface area (Å²) in [5, 5.41) is 4.82. The standard InChI is InChI=1S/C21H20ClN3O2/c1-13-7-8-14(2)16(11-13)20-23-21(27-24-20)18-9-10-19(26)25(18)12-15-5-3-4-6-17(15)22/h3-8,11,18H,9-10,12H2,1-2H3. The Balaban J connectivity index is 1.63. The number of hydrogen-bond acceptors (Lipinski definition) is 4. The number of aryl methyl sites for hydroxylation is 2. The monoisotopic (exact) mass is 381 g/mol. The molecule has 4 rings (SSSR count). The van der Waals surface area contributed by atoms with Gasteiger partial charge in [0.2, 0.25) is 17.6 Å². The van der Waals surface area contributed by atoms with Crippen molar-refractivity contribution in [2.75, 3.05) is 0 Å². The van der Waals surface area contributed by atoms with Crippen LogP contribution in [-0.4, -0.2) is 20.9 Å². The summed E-state index contributed by atoms with van der Waals surface area (Å²) in [6, 6.07) is 13.5. The van der Waals surface area contributed by atoms with E-state index in [-0.39, 0.29) is 11.9 Å². The van der Waals surface area contributed by atoms with Crippen LogP contribution in [0.3, 0.4) is 0 Å². The average Bonchev–Trinajstić information content (AvgIpc) is 3.26. The molecule has 6 heteroatoms. The van der Waals surface area contributed by atoms with Gasteiger partial charge in [0.25, 0.3) is 0 Å². The molecular weight excluding hydrogens is 362 g/mol. The highest BCUT2D eigenvalue weighted by Crippen LogP contribution is 2.35. The number of amides is 1. The first-order valence-electron chi connectivity index (χ1n) is 8.97. The van der Waals surface area contributed by atoms with Crippen LogP contribution in [0.4, 0.5) is 0 Å². The molecule has 0 aliphatic carbocycles. The summed E-state index contributed by atoms with van der Waals surface area (Å²) in [5.41, 5.74) is 4.09. The Labute approximate surface area is 163 Å². The van der Waals surface area contributed by atoms with Crippen molar-refractivity contribution in [3.63, 3.8) is 0 Å². The van der Waals surface area contributed by atoms with Crippen LogP contribution in [0.25, 0.3) is 11.4 Å². The Morgan fingerprint density at radius 1 is 1.22 bits per heavy atom. The van der Waals surface area contributed by atoms with Crippen molar-refractivity contribution in [3.05, 3.63) is 70.1 Å². The van der Waals surface area contributed by atoms with Crippen molar-refractivity contribution in [1.29, 1.82) is 0 Å². The summed E-state index contributed by atoms with van der Waals surface area (Å²) >= 11 is 6.27. The number of carbonyl (C=O) groups excluding carboxylic acids is 1. The van der Waals surface area contributed by atoms with Crippen LogP contribution < -0.4 is 0 Å². The first-order valence-corrected chi connectivity index (χ1v) is 9.35. The fourth-order valence-corrected chi connectivity index (χ4v) is 3.65. The minimum Gasteiger partial charge on any atom is -0.337 e. The maximum absolute atomic E-state index is 12.4. The topological polar surface area (TPSA) is 59.2 Å². The first kappa shape index (κ1) is 17.7. The molecule has 0 spiro atoms. The lowest BCUT2D eigenvalue weighted by atomic mass is 10.1. The van der Waals surface area contributed by atoms with E-state index in [0.29, 0.717) is 36.1 Å². The highest BCUT2D eigenvalue weighted by atomic mass is 35.5. The molecule has 2 aromatic carbocycles. The third-order valence-electron chi connectivity index (χ3n) is 4.99. The summed E-state index contributed by atoms with van der Waals surface area (Å²) in [6.07, 6.45) is 1.13. The van der Waals surface area contributed by atoms with Crippen LogP contribution in [0, 0.1) is 13.8 Å². The maximum Gasteiger partial charge on any atom is 0.249 e. The Kier molecular flexibility index (Phi) is 4.70. The van der Waals surface area contributed by atoms with E-state index in [1.807, 2.05) is 50.2 Å². The Morgan fingerprint density at radius 2 is 2.04 bits per heavy atom. The number of rotatable bonds is 4. The van der Waals surface area contributed by atoms with Crippen molar-refractivity contribution in [1.82, 2.24) is 15.0 Å². The molecule has 1 saturated heterocycles. The zero-order chi connectivity index (χ0) is 19.0. The predicted octanol–water partition coefficient (Wildman–Crippen LogP) is 4.87. The molecule has 0 radical (unpaired) electrons. The van der Waals surface area contributed by atoms with E-state index in [4.69, 9.17) is 16.1 Å².